The van der Waals surface area contributed by atoms with Gasteiger partial charge in [-0.2, -0.15) is 0 Å². The molecule has 1 aliphatic heterocycles. The number of benzene rings is 1. The van der Waals surface area contributed by atoms with Gasteiger partial charge in [0.15, 0.2) is 0 Å². The third-order valence-electron chi connectivity index (χ3n) is 3.07. The quantitative estimate of drug-likeness (QED) is 0.706. The summed E-state index contributed by atoms with van der Waals surface area (Å²) in [6, 6.07) is 10.8. The Kier molecular flexibility index (Phi) is 3.20. The topological polar surface area (TPSA) is 3.24 Å². The van der Waals surface area contributed by atoms with Crippen LogP contribution in [0.25, 0.3) is 0 Å². The van der Waals surface area contributed by atoms with Gasteiger partial charge in [-0.05, 0) is 30.9 Å². The van der Waals surface area contributed by atoms with Crippen molar-refractivity contribution in [2.24, 2.45) is 5.92 Å². The molecule has 0 N–H and O–H groups in total. The highest BCUT2D eigenvalue weighted by molar-refractivity contribution is 5.14. The van der Waals surface area contributed by atoms with Crippen LogP contribution in [-0.4, -0.2) is 24.5 Å². The van der Waals surface area contributed by atoms with Crippen molar-refractivity contribution in [3.05, 3.63) is 35.9 Å². The summed E-state index contributed by atoms with van der Waals surface area (Å²) >= 11 is 0. The van der Waals surface area contributed by atoms with Crippen LogP contribution < -0.4 is 0 Å². The van der Waals surface area contributed by atoms with Crippen molar-refractivity contribution in [1.82, 2.24) is 4.90 Å². The van der Waals surface area contributed by atoms with Gasteiger partial charge in [0.05, 0.1) is 0 Å². The van der Waals surface area contributed by atoms with Crippen LogP contribution in [0.2, 0.25) is 0 Å². The number of likely N-dealkylation sites (tertiary alicyclic amines) is 1. The van der Waals surface area contributed by atoms with Crippen LogP contribution in [0.15, 0.2) is 30.3 Å². The van der Waals surface area contributed by atoms with E-state index in [1.807, 2.05) is 0 Å². The molecule has 0 aliphatic carbocycles. The molecule has 1 heterocycles. The molecule has 14 heavy (non-hydrogen) atoms. The Balaban J connectivity index is 1.78. The van der Waals surface area contributed by atoms with Crippen LogP contribution in [0.3, 0.4) is 0 Å². The fourth-order valence-electron chi connectivity index (χ4n) is 2.16. The fourth-order valence-corrected chi connectivity index (χ4v) is 2.16. The molecule has 0 saturated carbocycles. The predicted molar refractivity (Wildman–Crippen MR) is 60.4 cm³/mol. The summed E-state index contributed by atoms with van der Waals surface area (Å²) in [5, 5.41) is 0. The van der Waals surface area contributed by atoms with E-state index in [0.29, 0.717) is 0 Å². The summed E-state index contributed by atoms with van der Waals surface area (Å²) in [6.45, 7) is 6.18. The van der Waals surface area contributed by atoms with E-state index in [9.17, 15) is 0 Å². The van der Waals surface area contributed by atoms with Crippen LogP contribution >= 0.6 is 0 Å². The summed E-state index contributed by atoms with van der Waals surface area (Å²) in [5.41, 5.74) is 1.46. The van der Waals surface area contributed by atoms with Crippen molar-refractivity contribution in [2.75, 3.05) is 19.6 Å². The molecule has 1 nitrogen and oxygen atoms in total. The van der Waals surface area contributed by atoms with Crippen molar-refractivity contribution in [3.63, 3.8) is 0 Å². The Bertz CT molecular complexity index is 268. The molecule has 0 aromatic heterocycles. The van der Waals surface area contributed by atoms with E-state index in [1.54, 1.807) is 0 Å². The zero-order chi connectivity index (χ0) is 9.80. The van der Waals surface area contributed by atoms with Gasteiger partial charge in [0.1, 0.15) is 0 Å². The number of nitrogens with zero attached hydrogens (tertiary/aromatic N) is 1. The van der Waals surface area contributed by atoms with Gasteiger partial charge in [-0.25, -0.2) is 0 Å². The molecule has 1 heteroatoms. The zero-order valence-electron chi connectivity index (χ0n) is 8.95. The van der Waals surface area contributed by atoms with Gasteiger partial charge in [0, 0.05) is 13.1 Å². The molecule has 0 unspecified atom stereocenters. The maximum Gasteiger partial charge on any atom is 0.00219 e. The Morgan fingerprint density at radius 3 is 2.71 bits per heavy atom. The summed E-state index contributed by atoms with van der Waals surface area (Å²) in [4.78, 5) is 2.58. The summed E-state index contributed by atoms with van der Waals surface area (Å²) in [7, 11) is 0. The third-order valence-corrected chi connectivity index (χ3v) is 3.07. The molecule has 1 saturated heterocycles. The lowest BCUT2D eigenvalue weighted by molar-refractivity contribution is 0.332. The minimum Gasteiger partial charge on any atom is -0.303 e. The minimum absolute atomic E-state index is 0.908. The van der Waals surface area contributed by atoms with Crippen molar-refractivity contribution in [1.29, 1.82) is 0 Å². The molecule has 1 fully saturated rings. The van der Waals surface area contributed by atoms with Crippen LogP contribution in [0.4, 0.5) is 0 Å². The lowest BCUT2D eigenvalue weighted by atomic mass is 10.1. The molecule has 1 aliphatic rings. The molecule has 1 aromatic rings. The van der Waals surface area contributed by atoms with Crippen LogP contribution in [0, 0.1) is 5.92 Å². The highest BCUT2D eigenvalue weighted by Crippen LogP contribution is 2.15. The monoisotopic (exact) mass is 189 g/mol. The lowest BCUT2D eigenvalue weighted by Gasteiger charge is -2.14. The van der Waals surface area contributed by atoms with Gasteiger partial charge in [-0.1, -0.05) is 37.3 Å². The summed E-state index contributed by atoms with van der Waals surface area (Å²) in [5.74, 6) is 0.908. The summed E-state index contributed by atoms with van der Waals surface area (Å²) in [6.07, 6.45) is 2.59. The smallest absolute Gasteiger partial charge is 0.00219 e. The Morgan fingerprint density at radius 2 is 2.07 bits per heavy atom. The molecule has 1 atom stereocenters. The maximum atomic E-state index is 2.58. The average molecular weight is 189 g/mol. The van der Waals surface area contributed by atoms with E-state index < -0.39 is 0 Å². The number of hydrogen-bond acceptors (Lipinski definition) is 1. The van der Waals surface area contributed by atoms with Crippen molar-refractivity contribution in [2.45, 2.75) is 19.8 Å². The van der Waals surface area contributed by atoms with E-state index in [4.69, 9.17) is 0 Å². The van der Waals surface area contributed by atoms with E-state index in [-0.39, 0.29) is 0 Å². The molecular formula is C13H19N. The molecule has 2 rings (SSSR count). The highest BCUT2D eigenvalue weighted by Gasteiger charge is 2.17. The van der Waals surface area contributed by atoms with Crippen LogP contribution in [-0.2, 0) is 6.42 Å². The number of rotatable bonds is 3. The molecule has 1 aromatic carbocycles. The Hall–Kier alpha value is -0.820. The Labute approximate surface area is 86.7 Å². The first-order valence-electron chi connectivity index (χ1n) is 5.61. The first-order valence-corrected chi connectivity index (χ1v) is 5.61. The average Bonchev–Trinajstić information content (AvgIpc) is 2.63. The fraction of sp³-hybridized carbons (Fsp3) is 0.538. The zero-order valence-corrected chi connectivity index (χ0v) is 8.95. The first kappa shape index (κ1) is 9.72. The largest absolute Gasteiger partial charge is 0.303 e. The van der Waals surface area contributed by atoms with Gasteiger partial charge in [0.2, 0.25) is 0 Å². The van der Waals surface area contributed by atoms with Crippen LogP contribution in [0.1, 0.15) is 18.9 Å². The third kappa shape index (κ3) is 2.58. The molecule has 0 radical (unpaired) electrons. The van der Waals surface area contributed by atoms with Crippen LogP contribution in [0.5, 0.6) is 0 Å². The van der Waals surface area contributed by atoms with Gasteiger partial charge in [-0.3, -0.25) is 0 Å². The minimum atomic E-state index is 0.908. The normalized spacial score (nSPS) is 22.8. The van der Waals surface area contributed by atoms with Gasteiger partial charge in [-0.15, -0.1) is 0 Å². The van der Waals surface area contributed by atoms with Crippen molar-refractivity contribution in [3.8, 4) is 0 Å². The van der Waals surface area contributed by atoms with Gasteiger partial charge >= 0.3 is 0 Å². The van der Waals surface area contributed by atoms with Crippen molar-refractivity contribution < 1.29 is 0 Å². The van der Waals surface area contributed by atoms with Gasteiger partial charge < -0.3 is 4.90 Å². The van der Waals surface area contributed by atoms with Gasteiger partial charge in [0.25, 0.3) is 0 Å². The van der Waals surface area contributed by atoms with E-state index >= 15 is 0 Å². The van der Waals surface area contributed by atoms with E-state index in [0.717, 1.165) is 5.92 Å². The second-order valence-electron chi connectivity index (χ2n) is 4.43. The molecule has 0 bridgehead atoms. The lowest BCUT2D eigenvalue weighted by Crippen LogP contribution is -2.22. The molecule has 0 spiro atoms. The SMILES string of the molecule is C[C@H]1CCN(CCc2ccccc2)C1. The van der Waals surface area contributed by atoms with E-state index in [1.165, 1.54) is 38.0 Å². The van der Waals surface area contributed by atoms with Crippen molar-refractivity contribution >= 4 is 0 Å². The second-order valence-corrected chi connectivity index (χ2v) is 4.43. The molecule has 0 amide bonds. The van der Waals surface area contributed by atoms with E-state index in [2.05, 4.69) is 42.2 Å². The number of hydrogen-bond donors (Lipinski definition) is 0. The standard InChI is InChI=1S/C13H19N/c1-12-7-9-14(11-12)10-8-13-5-3-2-4-6-13/h2-6,12H,7-11H2,1H3/t12-/m0/s1. The maximum absolute atomic E-state index is 2.58. The summed E-state index contributed by atoms with van der Waals surface area (Å²) < 4.78 is 0. The second kappa shape index (κ2) is 4.61. The molecule has 76 valence electrons. The molecular weight excluding hydrogens is 170 g/mol. The predicted octanol–water partition coefficient (Wildman–Crippen LogP) is 2.57. The highest BCUT2D eigenvalue weighted by atomic mass is 15.1. The Morgan fingerprint density at radius 1 is 1.29 bits per heavy atom. The first-order chi connectivity index (χ1) is 6.84.